The van der Waals surface area contributed by atoms with Crippen LogP contribution in [0.3, 0.4) is 0 Å². The number of nitrogens with one attached hydrogen (secondary N) is 1. The number of nitrogens with zero attached hydrogens (tertiary/aromatic N) is 5. The SMILES string of the molecule is O=C(Cc1c(Cl)ccc(Cl)c1Cl)Nc1nccnc1C(=O)O.O=S(=O)(OCC(F)F)C(F)(F)F.O=c1c(-c2c(Cl)ccc(Cl)c2Cl)c(O)c2nccnc2n1CC(F)F. The number of carbonyl (C=O) groups excluding carboxylic acids is 1. The Hall–Kier alpha value is -4.29. The topological polar surface area (TPSA) is 204 Å². The summed E-state index contributed by atoms with van der Waals surface area (Å²) in [5.74, 6) is -2.57. The summed E-state index contributed by atoms with van der Waals surface area (Å²) in [7, 11) is -5.87. The molecule has 3 heterocycles. The molecule has 0 atom stereocenters. The van der Waals surface area contributed by atoms with E-state index in [9.17, 15) is 58.6 Å². The lowest BCUT2D eigenvalue weighted by Gasteiger charge is -2.15. The minimum Gasteiger partial charge on any atom is -0.505 e. The third-order valence-electron chi connectivity index (χ3n) is 6.74. The number of aromatic hydroxyl groups is 1. The van der Waals surface area contributed by atoms with E-state index in [1.54, 1.807) is 0 Å². The third kappa shape index (κ3) is 12.6. The second kappa shape index (κ2) is 20.8. The van der Waals surface area contributed by atoms with Gasteiger partial charge in [-0.3, -0.25) is 18.3 Å². The van der Waals surface area contributed by atoms with E-state index in [2.05, 4.69) is 29.4 Å². The molecule has 0 aliphatic heterocycles. The molecule has 59 heavy (non-hydrogen) atoms. The van der Waals surface area contributed by atoms with Crippen molar-refractivity contribution in [3.05, 3.63) is 101 Å². The fourth-order valence-corrected chi connectivity index (χ4v) is 6.11. The predicted molar refractivity (Wildman–Crippen MR) is 202 cm³/mol. The molecule has 0 bridgehead atoms. The highest BCUT2D eigenvalue weighted by atomic mass is 35.5. The van der Waals surface area contributed by atoms with E-state index < -0.39 is 64.8 Å². The van der Waals surface area contributed by atoms with Crippen molar-refractivity contribution >= 4 is 109 Å². The monoisotopic (exact) mass is 978 g/mol. The number of hydrogen-bond donors (Lipinski definition) is 3. The number of aromatic carboxylic acids is 1. The summed E-state index contributed by atoms with van der Waals surface area (Å²) >= 11 is 36.1. The first-order valence-corrected chi connectivity index (χ1v) is 18.8. The van der Waals surface area contributed by atoms with Crippen molar-refractivity contribution in [2.24, 2.45) is 0 Å². The van der Waals surface area contributed by atoms with Crippen LogP contribution < -0.4 is 10.9 Å². The van der Waals surface area contributed by atoms with Crippen LogP contribution in [0.15, 0.2) is 53.8 Å². The van der Waals surface area contributed by atoms with Gasteiger partial charge in [0.05, 0.1) is 43.6 Å². The first kappa shape index (κ1) is 49.1. The zero-order valence-corrected chi connectivity index (χ0v) is 33.6. The molecule has 5 rings (SSSR count). The zero-order valence-electron chi connectivity index (χ0n) is 28.3. The van der Waals surface area contributed by atoms with Gasteiger partial charge in [-0.25, -0.2) is 42.3 Å². The normalized spacial score (nSPS) is 11.5. The Morgan fingerprint density at radius 2 is 1.34 bits per heavy atom. The maximum Gasteiger partial charge on any atom is 0.523 e. The van der Waals surface area contributed by atoms with E-state index >= 15 is 0 Å². The van der Waals surface area contributed by atoms with Crippen LogP contribution in [0.5, 0.6) is 5.75 Å². The van der Waals surface area contributed by atoms with Gasteiger partial charge in [0, 0.05) is 40.9 Å². The van der Waals surface area contributed by atoms with E-state index in [-0.39, 0.29) is 70.4 Å². The van der Waals surface area contributed by atoms with Crippen molar-refractivity contribution in [1.82, 2.24) is 24.5 Å². The van der Waals surface area contributed by atoms with Gasteiger partial charge in [0.2, 0.25) is 5.91 Å². The molecule has 14 nitrogen and oxygen atoms in total. The number of anilines is 1. The van der Waals surface area contributed by atoms with Gasteiger partial charge < -0.3 is 15.5 Å². The van der Waals surface area contributed by atoms with E-state index in [1.807, 2.05) is 0 Å². The standard InChI is InChI=1S/C15H8Cl3F2N3O2.C13H8Cl3N3O3.C3H3F5O3S/c16-6-1-2-7(17)11(18)9(6)10-13(24)12-14(22-4-3-21-12)23(15(10)25)5-8(19)20;14-7-1-2-8(15)10(16)6(7)5-9(20)19-12-11(13(21)22)17-3-4-18-12;4-2(5)1-11-12(9,10)3(6,7)8/h1-4,8,24H,5H2;1-4H,5H2,(H,21,22)(H,18,19,20);2H,1H2. The second-order valence-corrected chi connectivity index (χ2v) is 14.6. The number of carboxylic acid groups (broad SMARTS) is 1. The Balaban J connectivity index is 0.000000252. The molecule has 2 aromatic carbocycles. The molecule has 318 valence electrons. The number of carbonyl (C=O) groups is 2. The van der Waals surface area contributed by atoms with Crippen LogP contribution in [0.4, 0.5) is 36.6 Å². The van der Waals surface area contributed by atoms with Crippen molar-refractivity contribution in [2.75, 3.05) is 11.9 Å². The number of aromatic nitrogens is 5. The summed E-state index contributed by atoms with van der Waals surface area (Å²) in [6.45, 7) is -2.72. The Morgan fingerprint density at radius 1 is 0.797 bits per heavy atom. The molecule has 3 aromatic heterocycles. The first-order valence-electron chi connectivity index (χ1n) is 15.1. The summed E-state index contributed by atoms with van der Waals surface area (Å²) in [5.41, 5.74) is -7.35. The smallest absolute Gasteiger partial charge is 0.505 e. The molecule has 28 heteroatoms. The van der Waals surface area contributed by atoms with Gasteiger partial charge in [0.1, 0.15) is 12.1 Å². The molecule has 0 unspecified atom stereocenters. The predicted octanol–water partition coefficient (Wildman–Crippen LogP) is 8.82. The number of hydrogen-bond acceptors (Lipinski definition) is 11. The molecule has 0 saturated carbocycles. The quantitative estimate of drug-likeness (QED) is 0.0520. The Labute approximate surface area is 355 Å². The van der Waals surface area contributed by atoms with Gasteiger partial charge in [0.15, 0.2) is 22.9 Å². The first-order chi connectivity index (χ1) is 27.4. The number of fused-ring (bicyclic) bond motifs is 1. The van der Waals surface area contributed by atoms with Crippen LogP contribution in [-0.2, 0) is 32.1 Å². The minimum atomic E-state index is -5.87. The average Bonchev–Trinajstić information content (AvgIpc) is 3.15. The maximum atomic E-state index is 12.9. The Kier molecular flexibility index (Phi) is 17.3. The number of alkyl halides is 7. The lowest BCUT2D eigenvalue weighted by molar-refractivity contribution is -0.115. The zero-order chi connectivity index (χ0) is 44.6. The molecule has 1 amide bonds. The molecular weight excluding hydrogens is 962 g/mol. The number of carboxylic acids is 1. The number of pyridine rings is 1. The van der Waals surface area contributed by atoms with Crippen molar-refractivity contribution in [3.63, 3.8) is 0 Å². The summed E-state index contributed by atoms with van der Waals surface area (Å²) < 4.78 is 106. The van der Waals surface area contributed by atoms with Gasteiger partial charge in [-0.2, -0.15) is 21.6 Å². The molecule has 0 spiro atoms. The Bertz CT molecular complexity index is 2540. The number of rotatable bonds is 10. The summed E-state index contributed by atoms with van der Waals surface area (Å²) in [4.78, 5) is 51.0. The van der Waals surface area contributed by atoms with Crippen LogP contribution >= 0.6 is 69.6 Å². The van der Waals surface area contributed by atoms with Crippen molar-refractivity contribution in [1.29, 1.82) is 0 Å². The van der Waals surface area contributed by atoms with Crippen LogP contribution in [0.1, 0.15) is 16.1 Å². The lowest BCUT2D eigenvalue weighted by atomic mass is 10.1. The lowest BCUT2D eigenvalue weighted by Crippen LogP contribution is -2.27. The van der Waals surface area contributed by atoms with Gasteiger partial charge in [-0.1, -0.05) is 69.6 Å². The Morgan fingerprint density at radius 3 is 1.92 bits per heavy atom. The number of amides is 1. The fraction of sp³-hybridized carbons (Fsp3) is 0.194. The molecular formula is C31H19Cl6F7N6O8S. The number of benzene rings is 2. The number of halogens is 13. The highest BCUT2D eigenvalue weighted by molar-refractivity contribution is 7.87. The summed E-state index contributed by atoms with van der Waals surface area (Å²) in [5, 5.41) is 22.6. The van der Waals surface area contributed by atoms with Crippen molar-refractivity contribution < 1.29 is 63.1 Å². The highest BCUT2D eigenvalue weighted by Gasteiger charge is 2.47. The van der Waals surface area contributed by atoms with Crippen LogP contribution in [-0.4, -0.2) is 80.0 Å². The molecule has 0 aliphatic carbocycles. The summed E-state index contributed by atoms with van der Waals surface area (Å²) in [6.07, 6.45) is -1.32. The second-order valence-electron chi connectivity index (χ2n) is 10.7. The van der Waals surface area contributed by atoms with E-state index in [0.29, 0.717) is 5.56 Å². The largest absolute Gasteiger partial charge is 0.523 e. The van der Waals surface area contributed by atoms with Gasteiger partial charge in [-0.15, -0.1) is 0 Å². The van der Waals surface area contributed by atoms with Crippen molar-refractivity contribution in [3.8, 4) is 16.9 Å². The molecule has 0 radical (unpaired) electrons. The van der Waals surface area contributed by atoms with E-state index in [4.69, 9.17) is 74.7 Å². The van der Waals surface area contributed by atoms with Crippen LogP contribution in [0.25, 0.3) is 22.3 Å². The molecule has 3 N–H and O–H groups in total. The molecule has 0 fully saturated rings. The van der Waals surface area contributed by atoms with Gasteiger partial charge in [-0.05, 0) is 24.3 Å². The van der Waals surface area contributed by atoms with Crippen LogP contribution in [0.2, 0.25) is 30.1 Å². The van der Waals surface area contributed by atoms with Gasteiger partial charge in [0.25, 0.3) is 18.4 Å². The van der Waals surface area contributed by atoms with Crippen molar-refractivity contribution in [2.45, 2.75) is 31.3 Å². The van der Waals surface area contributed by atoms with Gasteiger partial charge >= 0.3 is 21.6 Å². The molecule has 0 saturated heterocycles. The maximum absolute atomic E-state index is 12.9. The van der Waals surface area contributed by atoms with E-state index in [0.717, 1.165) is 4.57 Å². The molecule has 0 aliphatic rings. The third-order valence-corrected chi connectivity index (χ3v) is 10.1. The fourth-order valence-electron chi connectivity index (χ4n) is 4.30. The minimum absolute atomic E-state index is 0.0219. The van der Waals surface area contributed by atoms with Crippen LogP contribution in [0, 0.1) is 0 Å². The van der Waals surface area contributed by atoms with E-state index in [1.165, 1.54) is 49.1 Å². The summed E-state index contributed by atoms with van der Waals surface area (Å²) in [6, 6.07) is 5.82. The molecule has 5 aromatic rings. The average molecular weight is 981 g/mol. The highest BCUT2D eigenvalue weighted by Crippen LogP contribution is 2.42.